The third-order valence-corrected chi connectivity index (χ3v) is 4.73. The highest BCUT2D eigenvalue weighted by molar-refractivity contribution is 7.98. The van der Waals surface area contributed by atoms with Crippen molar-refractivity contribution in [3.05, 3.63) is 46.3 Å². The summed E-state index contributed by atoms with van der Waals surface area (Å²) in [6.45, 7) is 3.87. The third-order valence-electron chi connectivity index (χ3n) is 2.78. The SMILES string of the molecule is Cc1nc(C)c(-c2nnc(SCc3ccc(F)cc3)o2)s1. The first-order valence-electron chi connectivity index (χ1n) is 6.27. The highest BCUT2D eigenvalue weighted by Crippen LogP contribution is 2.31. The third kappa shape index (κ3) is 3.30. The van der Waals surface area contributed by atoms with E-state index >= 15 is 0 Å². The van der Waals surface area contributed by atoms with Gasteiger partial charge < -0.3 is 4.42 Å². The van der Waals surface area contributed by atoms with Gasteiger partial charge in [-0.1, -0.05) is 23.9 Å². The monoisotopic (exact) mass is 321 g/mol. The van der Waals surface area contributed by atoms with Crippen molar-refractivity contribution < 1.29 is 8.81 Å². The van der Waals surface area contributed by atoms with Crippen LogP contribution in [0.5, 0.6) is 0 Å². The van der Waals surface area contributed by atoms with Gasteiger partial charge in [-0.15, -0.1) is 21.5 Å². The molecule has 2 heterocycles. The number of hydrogen-bond donors (Lipinski definition) is 0. The van der Waals surface area contributed by atoms with Crippen LogP contribution in [-0.2, 0) is 5.75 Å². The number of halogens is 1. The summed E-state index contributed by atoms with van der Waals surface area (Å²) in [5, 5.41) is 9.56. The predicted octanol–water partition coefficient (Wildman–Crippen LogP) is 4.24. The maximum atomic E-state index is 12.8. The van der Waals surface area contributed by atoms with Crippen molar-refractivity contribution in [2.75, 3.05) is 0 Å². The second kappa shape index (κ2) is 5.95. The molecule has 7 heteroatoms. The molecular weight excluding hydrogens is 309 g/mol. The van der Waals surface area contributed by atoms with Gasteiger partial charge in [0.1, 0.15) is 10.7 Å². The van der Waals surface area contributed by atoms with Crippen LogP contribution in [0.4, 0.5) is 4.39 Å². The molecule has 21 heavy (non-hydrogen) atoms. The fourth-order valence-corrected chi connectivity index (χ4v) is 3.38. The Kier molecular flexibility index (Phi) is 4.03. The lowest BCUT2D eigenvalue weighted by molar-refractivity contribution is 0.466. The summed E-state index contributed by atoms with van der Waals surface area (Å²) in [6, 6.07) is 6.38. The Bertz CT molecular complexity index is 752. The fourth-order valence-electron chi connectivity index (χ4n) is 1.82. The Morgan fingerprint density at radius 2 is 1.95 bits per heavy atom. The molecule has 0 unspecified atom stereocenters. The van der Waals surface area contributed by atoms with E-state index in [1.54, 1.807) is 12.1 Å². The van der Waals surface area contributed by atoms with Gasteiger partial charge in [0.25, 0.3) is 11.1 Å². The lowest BCUT2D eigenvalue weighted by Crippen LogP contribution is -1.81. The number of benzene rings is 1. The molecule has 0 bridgehead atoms. The van der Waals surface area contributed by atoms with Crippen molar-refractivity contribution in [2.45, 2.75) is 24.8 Å². The van der Waals surface area contributed by atoms with E-state index in [4.69, 9.17) is 4.42 Å². The molecule has 0 aliphatic carbocycles. The molecule has 4 nitrogen and oxygen atoms in total. The number of rotatable bonds is 4. The normalized spacial score (nSPS) is 11.0. The number of nitrogens with zero attached hydrogens (tertiary/aromatic N) is 3. The van der Waals surface area contributed by atoms with Crippen LogP contribution >= 0.6 is 23.1 Å². The highest BCUT2D eigenvalue weighted by Gasteiger charge is 2.15. The van der Waals surface area contributed by atoms with Gasteiger partial charge in [0.15, 0.2) is 0 Å². The van der Waals surface area contributed by atoms with Gasteiger partial charge in [-0.25, -0.2) is 9.37 Å². The first-order valence-corrected chi connectivity index (χ1v) is 8.07. The van der Waals surface area contributed by atoms with E-state index in [-0.39, 0.29) is 5.82 Å². The molecule has 0 N–H and O–H groups in total. The van der Waals surface area contributed by atoms with Crippen LogP contribution in [0.2, 0.25) is 0 Å². The van der Waals surface area contributed by atoms with Crippen molar-refractivity contribution in [2.24, 2.45) is 0 Å². The van der Waals surface area contributed by atoms with Crippen LogP contribution in [0.25, 0.3) is 10.8 Å². The molecule has 0 aliphatic rings. The molecule has 0 fully saturated rings. The quantitative estimate of drug-likeness (QED) is 0.673. The van der Waals surface area contributed by atoms with Crippen LogP contribution < -0.4 is 0 Å². The molecule has 0 saturated carbocycles. The molecular formula is C14H12FN3OS2. The summed E-state index contributed by atoms with van der Waals surface area (Å²) in [4.78, 5) is 5.26. The molecule has 0 saturated heterocycles. The summed E-state index contributed by atoms with van der Waals surface area (Å²) in [5.74, 6) is 0.919. The van der Waals surface area contributed by atoms with E-state index in [0.717, 1.165) is 21.1 Å². The van der Waals surface area contributed by atoms with Gasteiger partial charge in [-0.2, -0.15) is 0 Å². The molecule has 2 aromatic heterocycles. The van der Waals surface area contributed by atoms with Crippen molar-refractivity contribution in [1.82, 2.24) is 15.2 Å². The molecule has 0 spiro atoms. The standard InChI is InChI=1S/C14H12FN3OS2/c1-8-12(21-9(2)16-8)13-17-18-14(19-13)20-7-10-3-5-11(15)6-4-10/h3-6H,7H2,1-2H3. The van der Waals surface area contributed by atoms with E-state index in [9.17, 15) is 4.39 Å². The smallest absolute Gasteiger partial charge is 0.277 e. The van der Waals surface area contributed by atoms with E-state index in [1.165, 1.54) is 35.2 Å². The lowest BCUT2D eigenvalue weighted by atomic mass is 10.2. The molecule has 0 radical (unpaired) electrons. The molecule has 3 aromatic rings. The molecule has 0 amide bonds. The fraction of sp³-hybridized carbons (Fsp3) is 0.214. The zero-order chi connectivity index (χ0) is 14.8. The first-order chi connectivity index (χ1) is 10.1. The van der Waals surface area contributed by atoms with Crippen molar-refractivity contribution in [1.29, 1.82) is 0 Å². The highest BCUT2D eigenvalue weighted by atomic mass is 32.2. The van der Waals surface area contributed by atoms with Gasteiger partial charge in [0.2, 0.25) is 0 Å². The van der Waals surface area contributed by atoms with E-state index in [1.807, 2.05) is 13.8 Å². The van der Waals surface area contributed by atoms with Gasteiger partial charge in [0, 0.05) is 5.75 Å². The number of aryl methyl sites for hydroxylation is 2. The molecule has 0 atom stereocenters. The van der Waals surface area contributed by atoms with E-state index in [2.05, 4.69) is 15.2 Å². The number of thiazole rings is 1. The minimum atomic E-state index is -0.236. The Labute approximate surface area is 129 Å². The summed E-state index contributed by atoms with van der Waals surface area (Å²) in [7, 11) is 0. The van der Waals surface area contributed by atoms with E-state index < -0.39 is 0 Å². The van der Waals surface area contributed by atoms with Gasteiger partial charge in [-0.05, 0) is 31.5 Å². The number of aromatic nitrogens is 3. The topological polar surface area (TPSA) is 51.8 Å². The van der Waals surface area contributed by atoms with Gasteiger partial charge >= 0.3 is 0 Å². The Balaban J connectivity index is 1.70. The first kappa shape index (κ1) is 14.2. The van der Waals surface area contributed by atoms with Crippen molar-refractivity contribution >= 4 is 23.1 Å². The molecule has 3 rings (SSSR count). The van der Waals surface area contributed by atoms with E-state index in [0.29, 0.717) is 16.9 Å². The zero-order valence-electron chi connectivity index (χ0n) is 11.5. The van der Waals surface area contributed by atoms with Crippen molar-refractivity contribution in [3.8, 4) is 10.8 Å². The van der Waals surface area contributed by atoms with Crippen LogP contribution in [0.1, 0.15) is 16.3 Å². The summed E-state index contributed by atoms with van der Waals surface area (Å²) in [5.41, 5.74) is 1.90. The molecule has 1 aromatic carbocycles. The van der Waals surface area contributed by atoms with Crippen LogP contribution in [0, 0.1) is 19.7 Å². The Morgan fingerprint density at radius 3 is 2.62 bits per heavy atom. The van der Waals surface area contributed by atoms with Crippen molar-refractivity contribution in [3.63, 3.8) is 0 Å². The summed E-state index contributed by atoms with van der Waals surface area (Å²) < 4.78 is 18.5. The maximum absolute atomic E-state index is 12.8. The average molecular weight is 321 g/mol. The zero-order valence-corrected chi connectivity index (χ0v) is 13.1. The minimum Gasteiger partial charge on any atom is -0.410 e. The molecule has 108 valence electrons. The number of hydrogen-bond acceptors (Lipinski definition) is 6. The van der Waals surface area contributed by atoms with Crippen LogP contribution in [-0.4, -0.2) is 15.2 Å². The van der Waals surface area contributed by atoms with Gasteiger partial charge in [0.05, 0.1) is 10.7 Å². The van der Waals surface area contributed by atoms with Gasteiger partial charge in [-0.3, -0.25) is 0 Å². The summed E-state index contributed by atoms with van der Waals surface area (Å²) in [6.07, 6.45) is 0. The second-order valence-corrected chi connectivity index (χ2v) is 6.57. The maximum Gasteiger partial charge on any atom is 0.277 e. The molecule has 0 aliphatic heterocycles. The number of thioether (sulfide) groups is 1. The van der Waals surface area contributed by atoms with Crippen LogP contribution in [0.3, 0.4) is 0 Å². The average Bonchev–Trinajstić information content (AvgIpc) is 3.04. The Morgan fingerprint density at radius 1 is 1.19 bits per heavy atom. The largest absolute Gasteiger partial charge is 0.410 e. The van der Waals surface area contributed by atoms with Crippen LogP contribution in [0.15, 0.2) is 33.9 Å². The lowest BCUT2D eigenvalue weighted by Gasteiger charge is -1.97. The summed E-state index contributed by atoms with van der Waals surface area (Å²) >= 11 is 2.97. The second-order valence-electron chi connectivity index (χ2n) is 4.44. The predicted molar refractivity (Wildman–Crippen MR) is 80.8 cm³/mol. The Hall–Kier alpha value is -1.73. The minimum absolute atomic E-state index is 0.236.